The predicted molar refractivity (Wildman–Crippen MR) is 46.2 cm³/mol. The molecule has 1 aromatic heterocycles. The lowest BCUT2D eigenvalue weighted by molar-refractivity contribution is 0.597. The van der Waals surface area contributed by atoms with Crippen molar-refractivity contribution >= 4 is 0 Å². The Morgan fingerprint density at radius 1 is 1.50 bits per heavy atom. The van der Waals surface area contributed by atoms with Gasteiger partial charge >= 0.3 is 5.69 Å². The van der Waals surface area contributed by atoms with Crippen LogP contribution in [0.15, 0.2) is 21.9 Å². The van der Waals surface area contributed by atoms with Gasteiger partial charge in [-0.2, -0.15) is 0 Å². The highest BCUT2D eigenvalue weighted by molar-refractivity contribution is 4.82. The normalized spacial score (nSPS) is 10.1. The highest BCUT2D eigenvalue weighted by atomic mass is 16.2. The zero-order valence-electron chi connectivity index (χ0n) is 7.04. The van der Waals surface area contributed by atoms with Gasteiger partial charge in [0.05, 0.1) is 0 Å². The minimum absolute atomic E-state index is 0.323. The molecule has 0 aliphatic carbocycles. The molecule has 0 aromatic carbocycles. The summed E-state index contributed by atoms with van der Waals surface area (Å²) >= 11 is 0. The van der Waals surface area contributed by atoms with Gasteiger partial charge in [0.15, 0.2) is 0 Å². The molecule has 12 heavy (non-hydrogen) atoms. The lowest BCUT2D eigenvalue weighted by Crippen LogP contribution is -2.28. The van der Waals surface area contributed by atoms with Crippen molar-refractivity contribution in [3.05, 3.63) is 33.1 Å². The summed E-state index contributed by atoms with van der Waals surface area (Å²) in [5, 5.41) is 0. The second-order valence-electron chi connectivity index (χ2n) is 2.66. The van der Waals surface area contributed by atoms with Crippen LogP contribution in [-0.4, -0.2) is 9.55 Å². The van der Waals surface area contributed by atoms with Gasteiger partial charge in [-0.15, -0.1) is 0 Å². The molecule has 1 aromatic rings. The van der Waals surface area contributed by atoms with E-state index in [1.165, 1.54) is 16.8 Å². The van der Waals surface area contributed by atoms with Crippen molar-refractivity contribution in [2.45, 2.75) is 26.3 Å². The zero-order valence-corrected chi connectivity index (χ0v) is 7.04. The summed E-state index contributed by atoms with van der Waals surface area (Å²) in [6.07, 6.45) is 3.51. The van der Waals surface area contributed by atoms with E-state index in [-0.39, 0.29) is 11.2 Å². The van der Waals surface area contributed by atoms with E-state index in [1.54, 1.807) is 0 Å². The van der Waals surface area contributed by atoms with E-state index in [9.17, 15) is 9.59 Å². The average Bonchev–Trinajstić information content (AvgIpc) is 2.03. The minimum Gasteiger partial charge on any atom is -0.301 e. The SMILES string of the molecule is CCCCn1ccc(=O)[nH]c1=O. The molecule has 1 heterocycles. The first kappa shape index (κ1) is 8.77. The molecular formula is C8H12N2O2. The number of rotatable bonds is 3. The number of aromatic nitrogens is 2. The number of hydrogen-bond acceptors (Lipinski definition) is 2. The Kier molecular flexibility index (Phi) is 2.85. The lowest BCUT2D eigenvalue weighted by Gasteiger charge is -2.00. The van der Waals surface area contributed by atoms with Crippen molar-refractivity contribution in [2.75, 3.05) is 0 Å². The third-order valence-electron chi connectivity index (χ3n) is 1.65. The van der Waals surface area contributed by atoms with E-state index in [0.717, 1.165) is 12.8 Å². The summed E-state index contributed by atoms with van der Waals surface area (Å²) in [7, 11) is 0. The molecule has 0 aliphatic rings. The van der Waals surface area contributed by atoms with Crippen molar-refractivity contribution < 1.29 is 0 Å². The molecule has 0 amide bonds. The number of nitrogens with zero attached hydrogens (tertiary/aromatic N) is 1. The Labute approximate surface area is 69.9 Å². The zero-order chi connectivity index (χ0) is 8.97. The fourth-order valence-corrected chi connectivity index (χ4v) is 0.949. The molecule has 0 unspecified atom stereocenters. The molecule has 1 rings (SSSR count). The summed E-state index contributed by atoms with van der Waals surface area (Å²) in [5.41, 5.74) is -0.663. The summed E-state index contributed by atoms with van der Waals surface area (Å²) in [6.45, 7) is 2.73. The topological polar surface area (TPSA) is 54.9 Å². The van der Waals surface area contributed by atoms with Crippen molar-refractivity contribution in [1.29, 1.82) is 0 Å². The summed E-state index contributed by atoms with van der Waals surface area (Å²) in [6, 6.07) is 1.36. The van der Waals surface area contributed by atoms with E-state index in [1.807, 2.05) is 0 Å². The van der Waals surface area contributed by atoms with Crippen molar-refractivity contribution in [3.63, 3.8) is 0 Å². The van der Waals surface area contributed by atoms with Crippen molar-refractivity contribution in [1.82, 2.24) is 9.55 Å². The third-order valence-corrected chi connectivity index (χ3v) is 1.65. The van der Waals surface area contributed by atoms with Crippen LogP contribution in [0.2, 0.25) is 0 Å². The Balaban J connectivity index is 2.87. The summed E-state index contributed by atoms with van der Waals surface area (Å²) in [4.78, 5) is 23.9. The molecule has 0 fully saturated rings. The maximum absolute atomic E-state index is 11.1. The molecule has 0 radical (unpaired) electrons. The molecule has 0 saturated carbocycles. The summed E-state index contributed by atoms with van der Waals surface area (Å²) in [5.74, 6) is 0. The molecule has 4 heteroatoms. The molecule has 4 nitrogen and oxygen atoms in total. The molecule has 66 valence electrons. The highest BCUT2D eigenvalue weighted by Gasteiger charge is 1.93. The maximum atomic E-state index is 11.1. The predicted octanol–water partition coefficient (Wildman–Crippen LogP) is 0.337. The number of H-pyrrole nitrogens is 1. The average molecular weight is 168 g/mol. The molecule has 0 spiro atoms. The molecular weight excluding hydrogens is 156 g/mol. The number of unbranched alkanes of at least 4 members (excludes halogenated alkanes) is 1. The van der Waals surface area contributed by atoms with Crippen LogP contribution < -0.4 is 11.2 Å². The third kappa shape index (κ3) is 2.08. The van der Waals surface area contributed by atoms with Gasteiger partial charge in [-0.25, -0.2) is 4.79 Å². The number of aromatic amines is 1. The lowest BCUT2D eigenvalue weighted by atomic mass is 10.3. The van der Waals surface area contributed by atoms with Crippen molar-refractivity contribution in [2.24, 2.45) is 0 Å². The van der Waals surface area contributed by atoms with E-state index in [4.69, 9.17) is 0 Å². The second kappa shape index (κ2) is 3.90. The van der Waals surface area contributed by atoms with Gasteiger partial charge in [0.2, 0.25) is 0 Å². The molecule has 0 atom stereocenters. The monoisotopic (exact) mass is 168 g/mol. The molecule has 0 aliphatic heterocycles. The van der Waals surface area contributed by atoms with Gasteiger partial charge in [0.25, 0.3) is 5.56 Å². The van der Waals surface area contributed by atoms with Gasteiger partial charge in [-0.3, -0.25) is 9.78 Å². The van der Waals surface area contributed by atoms with Gasteiger partial charge in [0, 0.05) is 18.8 Å². The van der Waals surface area contributed by atoms with E-state index < -0.39 is 0 Å². The second-order valence-corrected chi connectivity index (χ2v) is 2.66. The number of hydrogen-bond donors (Lipinski definition) is 1. The first-order valence-corrected chi connectivity index (χ1v) is 4.04. The van der Waals surface area contributed by atoms with Gasteiger partial charge < -0.3 is 4.57 Å². The van der Waals surface area contributed by atoms with E-state index >= 15 is 0 Å². The van der Waals surface area contributed by atoms with Crippen LogP contribution in [0.25, 0.3) is 0 Å². The Bertz CT molecular complexity index is 351. The molecule has 0 bridgehead atoms. The van der Waals surface area contributed by atoms with E-state index in [2.05, 4.69) is 11.9 Å². The maximum Gasteiger partial charge on any atom is 0.328 e. The van der Waals surface area contributed by atoms with Crippen LogP contribution >= 0.6 is 0 Å². The van der Waals surface area contributed by atoms with Crippen LogP contribution in [0, 0.1) is 0 Å². The van der Waals surface area contributed by atoms with Gasteiger partial charge in [-0.05, 0) is 6.42 Å². The Morgan fingerprint density at radius 2 is 2.25 bits per heavy atom. The largest absolute Gasteiger partial charge is 0.328 e. The highest BCUT2D eigenvalue weighted by Crippen LogP contribution is 1.88. The number of aryl methyl sites for hydroxylation is 1. The fourth-order valence-electron chi connectivity index (χ4n) is 0.949. The Morgan fingerprint density at radius 3 is 2.83 bits per heavy atom. The smallest absolute Gasteiger partial charge is 0.301 e. The fraction of sp³-hybridized carbons (Fsp3) is 0.500. The van der Waals surface area contributed by atoms with Crippen LogP contribution in [0.3, 0.4) is 0 Å². The number of nitrogens with one attached hydrogen (secondary N) is 1. The van der Waals surface area contributed by atoms with Crippen LogP contribution in [0.5, 0.6) is 0 Å². The molecule has 0 saturated heterocycles. The van der Waals surface area contributed by atoms with Crippen LogP contribution in [0.1, 0.15) is 19.8 Å². The quantitative estimate of drug-likeness (QED) is 0.707. The molecule has 1 N–H and O–H groups in total. The minimum atomic E-state index is -0.340. The van der Waals surface area contributed by atoms with Crippen molar-refractivity contribution in [3.8, 4) is 0 Å². The first-order valence-electron chi connectivity index (χ1n) is 4.04. The summed E-state index contributed by atoms with van der Waals surface area (Å²) < 4.78 is 1.50. The van der Waals surface area contributed by atoms with E-state index in [0.29, 0.717) is 6.54 Å². The van der Waals surface area contributed by atoms with Crippen LogP contribution in [-0.2, 0) is 6.54 Å². The first-order chi connectivity index (χ1) is 5.74. The van der Waals surface area contributed by atoms with Gasteiger partial charge in [-0.1, -0.05) is 13.3 Å². The van der Waals surface area contributed by atoms with Crippen LogP contribution in [0.4, 0.5) is 0 Å². The van der Waals surface area contributed by atoms with Gasteiger partial charge in [0.1, 0.15) is 0 Å². The standard InChI is InChI=1S/C8H12N2O2/c1-2-3-5-10-6-4-7(11)9-8(10)12/h4,6H,2-3,5H2,1H3,(H,9,11,12). The Hall–Kier alpha value is -1.32.